The largest absolute Gasteiger partial charge is 0.354 e. The van der Waals surface area contributed by atoms with Crippen LogP contribution in [0.2, 0.25) is 0 Å². The first-order valence-electron chi connectivity index (χ1n) is 9.80. The van der Waals surface area contributed by atoms with E-state index in [2.05, 4.69) is 21.5 Å². The topological polar surface area (TPSA) is 83.7 Å². The smallest absolute Gasteiger partial charge is 0.209 e. The summed E-state index contributed by atoms with van der Waals surface area (Å²) in [5.41, 5.74) is 5.26. The molecule has 152 valence electrons. The van der Waals surface area contributed by atoms with Crippen LogP contribution in [0.3, 0.4) is 0 Å². The van der Waals surface area contributed by atoms with Gasteiger partial charge in [-0.25, -0.2) is 4.68 Å². The number of nitrogens with zero attached hydrogens (tertiary/aromatic N) is 3. The molecule has 0 radical (unpaired) electrons. The van der Waals surface area contributed by atoms with Gasteiger partial charge in [0.15, 0.2) is 5.69 Å². The molecule has 0 aliphatic rings. The molecule has 0 saturated heterocycles. The molecule has 6 nitrogen and oxygen atoms in total. The Balaban J connectivity index is 1.73. The second kappa shape index (κ2) is 9.00. The quantitative estimate of drug-likeness (QED) is 0.454. The Bertz CT molecular complexity index is 1290. The third kappa shape index (κ3) is 4.48. The molecular weight excluding hydrogens is 386 g/mol. The van der Waals surface area contributed by atoms with Crippen molar-refractivity contribution in [3.05, 3.63) is 113 Å². The van der Waals surface area contributed by atoms with E-state index in [9.17, 15) is 4.79 Å². The molecule has 0 fully saturated rings. The summed E-state index contributed by atoms with van der Waals surface area (Å²) in [6.45, 7) is 2.01. The van der Waals surface area contributed by atoms with E-state index in [-0.39, 0.29) is 11.1 Å². The van der Waals surface area contributed by atoms with E-state index < -0.39 is 0 Å². The van der Waals surface area contributed by atoms with Crippen LogP contribution in [0.5, 0.6) is 0 Å². The third-order valence-corrected chi connectivity index (χ3v) is 4.80. The molecule has 2 heterocycles. The van der Waals surface area contributed by atoms with Crippen molar-refractivity contribution < 1.29 is 0 Å². The monoisotopic (exact) mass is 407 g/mol. The summed E-state index contributed by atoms with van der Waals surface area (Å²) in [7, 11) is 0. The normalized spacial score (nSPS) is 11.2. The van der Waals surface area contributed by atoms with E-state index in [4.69, 9.17) is 5.41 Å². The predicted octanol–water partition coefficient (Wildman–Crippen LogP) is 4.71. The third-order valence-electron chi connectivity index (χ3n) is 4.80. The van der Waals surface area contributed by atoms with Crippen LogP contribution < -0.4 is 10.7 Å². The van der Waals surface area contributed by atoms with E-state index in [0.717, 1.165) is 34.3 Å². The second-order valence-corrected chi connectivity index (χ2v) is 6.95. The van der Waals surface area contributed by atoms with Crippen LogP contribution in [0.25, 0.3) is 22.5 Å². The maximum Gasteiger partial charge on any atom is 0.209 e. The fraction of sp³-hybridized carbons (Fsp3) is 0.0400. The minimum Gasteiger partial charge on any atom is -0.354 e. The SMILES string of the molecule is Cc1cc(-c2cccnc2)ccc1-n1ccc(=O)c(/C(=C/C=N)Nc2ccccc2)n1. The fourth-order valence-electron chi connectivity index (χ4n) is 3.29. The number of aromatic nitrogens is 3. The summed E-state index contributed by atoms with van der Waals surface area (Å²) >= 11 is 0. The van der Waals surface area contributed by atoms with Crippen molar-refractivity contribution in [1.82, 2.24) is 14.8 Å². The zero-order valence-electron chi connectivity index (χ0n) is 17.0. The summed E-state index contributed by atoms with van der Waals surface area (Å²) in [5, 5.41) is 15.3. The van der Waals surface area contributed by atoms with Crippen LogP contribution in [-0.2, 0) is 0 Å². The lowest BCUT2D eigenvalue weighted by molar-refractivity contribution is 0.819. The molecule has 2 aromatic carbocycles. The molecule has 0 atom stereocenters. The summed E-state index contributed by atoms with van der Waals surface area (Å²) in [6, 6.07) is 21.0. The number of anilines is 1. The van der Waals surface area contributed by atoms with Crippen molar-refractivity contribution in [2.45, 2.75) is 6.92 Å². The van der Waals surface area contributed by atoms with E-state index >= 15 is 0 Å². The van der Waals surface area contributed by atoms with Crippen molar-refractivity contribution in [1.29, 1.82) is 5.41 Å². The lowest BCUT2D eigenvalue weighted by atomic mass is 10.0. The number of allylic oxidation sites excluding steroid dienone is 1. The molecule has 0 aliphatic carbocycles. The Morgan fingerprint density at radius 2 is 1.87 bits per heavy atom. The second-order valence-electron chi connectivity index (χ2n) is 6.95. The number of benzene rings is 2. The zero-order chi connectivity index (χ0) is 21.6. The highest BCUT2D eigenvalue weighted by molar-refractivity contribution is 5.86. The van der Waals surface area contributed by atoms with Gasteiger partial charge in [-0.15, -0.1) is 0 Å². The number of hydrogen-bond donors (Lipinski definition) is 2. The van der Waals surface area contributed by atoms with Gasteiger partial charge < -0.3 is 10.7 Å². The molecule has 4 rings (SSSR count). The average Bonchev–Trinajstić information content (AvgIpc) is 2.80. The van der Waals surface area contributed by atoms with E-state index in [1.807, 2.05) is 67.7 Å². The summed E-state index contributed by atoms with van der Waals surface area (Å²) in [5.74, 6) is 0. The maximum absolute atomic E-state index is 12.6. The molecule has 2 aromatic heterocycles. The van der Waals surface area contributed by atoms with Crippen LogP contribution >= 0.6 is 0 Å². The first kappa shape index (κ1) is 20.0. The molecule has 0 spiro atoms. The highest BCUT2D eigenvalue weighted by atomic mass is 16.1. The van der Waals surface area contributed by atoms with Crippen molar-refractivity contribution in [3.8, 4) is 16.8 Å². The maximum atomic E-state index is 12.6. The van der Waals surface area contributed by atoms with Crippen LogP contribution in [0.15, 0.2) is 96.2 Å². The first-order valence-corrected chi connectivity index (χ1v) is 9.80. The average molecular weight is 407 g/mol. The van der Waals surface area contributed by atoms with E-state index in [0.29, 0.717) is 5.70 Å². The van der Waals surface area contributed by atoms with Gasteiger partial charge in [-0.3, -0.25) is 9.78 Å². The molecule has 4 aromatic rings. The van der Waals surface area contributed by atoms with Crippen LogP contribution in [-0.4, -0.2) is 21.0 Å². The summed E-state index contributed by atoms with van der Waals surface area (Å²) < 4.78 is 1.68. The first-order chi connectivity index (χ1) is 15.2. The minimum atomic E-state index is -0.225. The predicted molar refractivity (Wildman–Crippen MR) is 125 cm³/mol. The van der Waals surface area contributed by atoms with E-state index in [1.165, 1.54) is 12.1 Å². The molecule has 0 unspecified atom stereocenters. The number of nitrogens with one attached hydrogen (secondary N) is 2. The van der Waals surface area contributed by atoms with Crippen molar-refractivity contribution in [2.24, 2.45) is 0 Å². The summed E-state index contributed by atoms with van der Waals surface area (Å²) in [4.78, 5) is 16.8. The molecule has 0 amide bonds. The summed E-state index contributed by atoms with van der Waals surface area (Å²) in [6.07, 6.45) is 7.90. The fourth-order valence-corrected chi connectivity index (χ4v) is 3.29. The number of para-hydroxylation sites is 1. The molecule has 0 aliphatic heterocycles. The number of hydrogen-bond acceptors (Lipinski definition) is 5. The molecule has 2 N–H and O–H groups in total. The van der Waals surface area contributed by atoms with Crippen LogP contribution in [0.1, 0.15) is 11.3 Å². The lowest BCUT2D eigenvalue weighted by Gasteiger charge is -2.14. The Morgan fingerprint density at radius 3 is 2.58 bits per heavy atom. The molecule has 0 bridgehead atoms. The Kier molecular flexibility index (Phi) is 5.80. The molecule has 31 heavy (non-hydrogen) atoms. The van der Waals surface area contributed by atoms with Crippen molar-refractivity contribution >= 4 is 17.6 Å². The Morgan fingerprint density at radius 1 is 1.03 bits per heavy atom. The number of aryl methyl sites for hydroxylation is 1. The van der Waals surface area contributed by atoms with Gasteiger partial charge in [0.1, 0.15) is 0 Å². The number of pyridine rings is 1. The zero-order valence-corrected chi connectivity index (χ0v) is 17.0. The Hall–Kier alpha value is -4.32. The van der Waals surface area contributed by atoms with Gasteiger partial charge in [0.05, 0.1) is 11.4 Å². The van der Waals surface area contributed by atoms with Crippen LogP contribution in [0.4, 0.5) is 5.69 Å². The van der Waals surface area contributed by atoms with Gasteiger partial charge >= 0.3 is 0 Å². The lowest BCUT2D eigenvalue weighted by Crippen LogP contribution is -2.18. The van der Waals surface area contributed by atoms with Gasteiger partial charge in [-0.1, -0.05) is 30.3 Å². The van der Waals surface area contributed by atoms with Gasteiger partial charge in [0.2, 0.25) is 5.43 Å². The molecular formula is C25H21N5O. The highest BCUT2D eigenvalue weighted by Gasteiger charge is 2.12. The van der Waals surface area contributed by atoms with Gasteiger partial charge in [-0.05, 0) is 60.0 Å². The van der Waals surface area contributed by atoms with Crippen LogP contribution in [0, 0.1) is 12.3 Å². The number of rotatable bonds is 6. The standard InChI is InChI=1S/C25H21N5O/c1-18-16-19(20-6-5-14-27-17-20)9-10-23(18)30-15-12-24(31)25(29-30)22(11-13-26)28-21-7-3-2-4-8-21/h2-17,26,28H,1H3/b22-11-,26-13?. The molecule has 0 saturated carbocycles. The Labute approximate surface area is 180 Å². The van der Waals surface area contributed by atoms with Crippen molar-refractivity contribution in [3.63, 3.8) is 0 Å². The van der Waals surface area contributed by atoms with E-state index in [1.54, 1.807) is 17.1 Å². The van der Waals surface area contributed by atoms with Gasteiger partial charge in [-0.2, -0.15) is 5.10 Å². The minimum absolute atomic E-state index is 0.225. The van der Waals surface area contributed by atoms with Gasteiger partial charge in [0.25, 0.3) is 0 Å². The molecule has 6 heteroatoms. The van der Waals surface area contributed by atoms with Gasteiger partial charge in [0, 0.05) is 36.6 Å². The highest BCUT2D eigenvalue weighted by Crippen LogP contribution is 2.23. The van der Waals surface area contributed by atoms with Crippen molar-refractivity contribution in [2.75, 3.05) is 5.32 Å².